The van der Waals surface area contributed by atoms with Gasteiger partial charge in [-0.15, -0.1) is 0 Å². The topological polar surface area (TPSA) is 26.0 Å². The monoisotopic (exact) mass is 263 g/mol. The van der Waals surface area contributed by atoms with Gasteiger partial charge in [-0.2, -0.15) is 0 Å². The summed E-state index contributed by atoms with van der Waals surface area (Å²) in [6.07, 6.45) is 3.49. The Hall–Kier alpha value is -0.380. The van der Waals surface area contributed by atoms with Gasteiger partial charge >= 0.3 is 0 Å². The molecule has 0 unspecified atom stereocenters. The lowest BCUT2D eigenvalue weighted by molar-refractivity contribution is 0.627. The minimum Gasteiger partial charge on any atom is -0.327 e. The van der Waals surface area contributed by atoms with Crippen LogP contribution < -0.4 is 5.73 Å². The second-order valence-corrected chi connectivity index (χ2v) is 3.67. The average molecular weight is 265 g/mol. The molecule has 4 heteroatoms. The summed E-state index contributed by atoms with van der Waals surface area (Å²) in [5, 5.41) is 0.102. The van der Waals surface area contributed by atoms with Crippen molar-refractivity contribution in [3.8, 4) is 0 Å². The van der Waals surface area contributed by atoms with E-state index in [1.54, 1.807) is 18.2 Å². The fraction of sp³-hybridized carbons (Fsp3) is 0.111. The molecule has 1 aromatic carbocycles. The summed E-state index contributed by atoms with van der Waals surface area (Å²) in [4.78, 5) is 0. The van der Waals surface area contributed by atoms with Gasteiger partial charge in [0.05, 0.1) is 5.02 Å². The maximum atomic E-state index is 13.0. The third kappa shape index (κ3) is 2.79. The lowest BCUT2D eigenvalue weighted by Gasteiger charge is -1.99. The summed E-state index contributed by atoms with van der Waals surface area (Å²) in [5.41, 5.74) is 6.00. The van der Waals surface area contributed by atoms with Crippen LogP contribution in [0.3, 0.4) is 0 Å². The number of nitrogens with two attached hydrogens (primary N) is 1. The first-order valence-corrected chi connectivity index (χ1v) is 4.83. The van der Waals surface area contributed by atoms with Crippen LogP contribution in [0.2, 0.25) is 5.02 Å². The Morgan fingerprint density at radius 3 is 2.77 bits per heavy atom. The summed E-state index contributed by atoms with van der Waals surface area (Å²) in [5.74, 6) is -0.437. The largest absolute Gasteiger partial charge is 0.327 e. The molecule has 2 N–H and O–H groups in total. The first-order chi connectivity index (χ1) is 6.15. The average Bonchev–Trinajstić information content (AvgIpc) is 2.10. The molecule has 0 bridgehead atoms. The minimum absolute atomic E-state index is 0.102. The van der Waals surface area contributed by atoms with Crippen molar-refractivity contribution in [2.75, 3.05) is 6.54 Å². The number of halogens is 3. The molecule has 13 heavy (non-hydrogen) atoms. The quantitative estimate of drug-likeness (QED) is 0.816. The van der Waals surface area contributed by atoms with Gasteiger partial charge in [0.25, 0.3) is 0 Å². The van der Waals surface area contributed by atoms with Crippen LogP contribution in [0.1, 0.15) is 5.56 Å². The van der Waals surface area contributed by atoms with Gasteiger partial charge in [-0.05, 0) is 33.6 Å². The number of rotatable bonds is 2. The molecule has 1 aromatic rings. The Morgan fingerprint density at radius 1 is 1.54 bits per heavy atom. The van der Waals surface area contributed by atoms with Gasteiger partial charge in [0.1, 0.15) is 5.82 Å². The zero-order valence-corrected chi connectivity index (χ0v) is 9.07. The normalized spacial score (nSPS) is 11.1. The fourth-order valence-corrected chi connectivity index (χ4v) is 1.44. The summed E-state index contributed by atoms with van der Waals surface area (Å²) in [6, 6.07) is 3.09. The van der Waals surface area contributed by atoms with E-state index in [1.807, 2.05) is 0 Å². The molecule has 0 aliphatic heterocycles. The van der Waals surface area contributed by atoms with Crippen molar-refractivity contribution in [2.24, 2.45) is 5.73 Å². The standard InChI is InChI=1S/C9H8BrClFN/c10-7-4-6(2-1-3-13)5-8(12)9(7)11/h1-2,4-5H,3,13H2/b2-1+. The van der Waals surface area contributed by atoms with E-state index in [9.17, 15) is 4.39 Å². The van der Waals surface area contributed by atoms with Crippen molar-refractivity contribution in [1.29, 1.82) is 0 Å². The molecule has 0 atom stereocenters. The first-order valence-electron chi connectivity index (χ1n) is 3.66. The zero-order chi connectivity index (χ0) is 9.84. The van der Waals surface area contributed by atoms with Gasteiger partial charge in [0.2, 0.25) is 0 Å². The van der Waals surface area contributed by atoms with E-state index < -0.39 is 5.82 Å². The molecule has 0 fully saturated rings. The number of hydrogen-bond donors (Lipinski definition) is 1. The van der Waals surface area contributed by atoms with E-state index in [2.05, 4.69) is 15.9 Å². The van der Waals surface area contributed by atoms with E-state index in [0.717, 1.165) is 5.56 Å². The van der Waals surface area contributed by atoms with Crippen LogP contribution in [-0.2, 0) is 0 Å². The molecule has 0 spiro atoms. The van der Waals surface area contributed by atoms with E-state index in [0.29, 0.717) is 11.0 Å². The van der Waals surface area contributed by atoms with Gasteiger partial charge in [0.15, 0.2) is 0 Å². The Bertz CT molecular complexity index is 315. The van der Waals surface area contributed by atoms with Crippen molar-refractivity contribution >= 4 is 33.6 Å². The Kier molecular flexibility index (Phi) is 3.90. The zero-order valence-electron chi connectivity index (χ0n) is 6.73. The second kappa shape index (κ2) is 4.74. The van der Waals surface area contributed by atoms with Crippen molar-refractivity contribution in [2.45, 2.75) is 0 Å². The molecule has 1 nitrogen and oxygen atoms in total. The molecular weight excluding hydrogens is 256 g/mol. The molecule has 1 rings (SSSR count). The van der Waals surface area contributed by atoms with Crippen LogP contribution in [0, 0.1) is 5.82 Å². The third-order valence-corrected chi connectivity index (χ3v) is 2.69. The maximum Gasteiger partial charge on any atom is 0.143 e. The number of hydrogen-bond acceptors (Lipinski definition) is 1. The molecular formula is C9H8BrClFN. The molecule has 70 valence electrons. The van der Waals surface area contributed by atoms with E-state index in [-0.39, 0.29) is 5.02 Å². The predicted molar refractivity (Wildman–Crippen MR) is 57.2 cm³/mol. The van der Waals surface area contributed by atoms with Crippen LogP contribution in [0.5, 0.6) is 0 Å². The highest BCUT2D eigenvalue weighted by Crippen LogP contribution is 2.27. The van der Waals surface area contributed by atoms with Crippen LogP contribution in [-0.4, -0.2) is 6.54 Å². The Morgan fingerprint density at radius 2 is 2.23 bits per heavy atom. The van der Waals surface area contributed by atoms with Gasteiger partial charge in [-0.3, -0.25) is 0 Å². The molecule has 0 amide bonds. The van der Waals surface area contributed by atoms with Crippen LogP contribution in [0.4, 0.5) is 4.39 Å². The summed E-state index contributed by atoms with van der Waals surface area (Å²) < 4.78 is 13.6. The lowest BCUT2D eigenvalue weighted by atomic mass is 10.2. The molecule has 0 saturated heterocycles. The van der Waals surface area contributed by atoms with E-state index >= 15 is 0 Å². The predicted octanol–water partition coefficient (Wildman–Crippen LogP) is 3.21. The highest BCUT2D eigenvalue weighted by molar-refractivity contribution is 9.10. The second-order valence-electron chi connectivity index (χ2n) is 2.44. The molecule has 0 aromatic heterocycles. The van der Waals surface area contributed by atoms with Crippen LogP contribution in [0.15, 0.2) is 22.7 Å². The van der Waals surface area contributed by atoms with Crippen LogP contribution in [0.25, 0.3) is 6.08 Å². The molecule has 0 heterocycles. The van der Waals surface area contributed by atoms with Gasteiger partial charge in [0, 0.05) is 11.0 Å². The van der Waals surface area contributed by atoms with Gasteiger partial charge < -0.3 is 5.73 Å². The highest BCUT2D eigenvalue weighted by atomic mass is 79.9. The van der Waals surface area contributed by atoms with E-state index in [4.69, 9.17) is 17.3 Å². The van der Waals surface area contributed by atoms with Gasteiger partial charge in [-0.25, -0.2) is 4.39 Å². The highest BCUT2D eigenvalue weighted by Gasteiger charge is 2.04. The summed E-state index contributed by atoms with van der Waals surface area (Å²) in [7, 11) is 0. The van der Waals surface area contributed by atoms with E-state index in [1.165, 1.54) is 6.07 Å². The Balaban J connectivity index is 3.06. The Labute approximate surface area is 89.5 Å². The molecule has 0 aliphatic rings. The van der Waals surface area contributed by atoms with Crippen molar-refractivity contribution in [3.63, 3.8) is 0 Å². The molecule has 0 radical (unpaired) electrons. The lowest BCUT2D eigenvalue weighted by Crippen LogP contribution is -1.92. The summed E-state index contributed by atoms with van der Waals surface area (Å²) >= 11 is 8.76. The first kappa shape index (κ1) is 10.7. The van der Waals surface area contributed by atoms with Crippen molar-refractivity contribution < 1.29 is 4.39 Å². The van der Waals surface area contributed by atoms with Crippen LogP contribution >= 0.6 is 27.5 Å². The smallest absolute Gasteiger partial charge is 0.143 e. The van der Waals surface area contributed by atoms with Crippen molar-refractivity contribution in [1.82, 2.24) is 0 Å². The van der Waals surface area contributed by atoms with Gasteiger partial charge in [-0.1, -0.05) is 23.8 Å². The number of benzene rings is 1. The fourth-order valence-electron chi connectivity index (χ4n) is 0.875. The van der Waals surface area contributed by atoms with Crippen molar-refractivity contribution in [3.05, 3.63) is 39.1 Å². The molecule has 0 aliphatic carbocycles. The SMILES string of the molecule is NC/C=C/c1cc(F)c(Cl)c(Br)c1. The maximum absolute atomic E-state index is 13.0. The molecule has 0 saturated carbocycles. The minimum atomic E-state index is -0.437. The third-order valence-electron chi connectivity index (χ3n) is 1.45. The summed E-state index contributed by atoms with van der Waals surface area (Å²) in [6.45, 7) is 0.432.